The van der Waals surface area contributed by atoms with E-state index in [0.717, 1.165) is 18.7 Å². The first-order valence-corrected chi connectivity index (χ1v) is 12.0. The fraction of sp³-hybridized carbons (Fsp3) is 0.478. The van der Waals surface area contributed by atoms with Gasteiger partial charge in [0.2, 0.25) is 11.6 Å². The van der Waals surface area contributed by atoms with E-state index in [1.807, 2.05) is 19.1 Å². The summed E-state index contributed by atoms with van der Waals surface area (Å²) in [6.07, 6.45) is 7.87. The number of fused-ring (bicyclic) bond motifs is 1. The highest BCUT2D eigenvalue weighted by Gasteiger charge is 2.35. The van der Waals surface area contributed by atoms with Gasteiger partial charge in [-0.05, 0) is 25.0 Å². The highest BCUT2D eigenvalue weighted by molar-refractivity contribution is 6.37. The number of halogens is 2. The summed E-state index contributed by atoms with van der Waals surface area (Å²) >= 11 is 12.5. The summed E-state index contributed by atoms with van der Waals surface area (Å²) in [6.45, 7) is 7.26. The summed E-state index contributed by atoms with van der Waals surface area (Å²) < 4.78 is 12.7. The molecule has 2 aromatic heterocycles. The molecule has 3 atom stereocenters. The average Bonchev–Trinajstić information content (AvgIpc) is 3.31. The third-order valence-electron chi connectivity index (χ3n) is 6.75. The Morgan fingerprint density at radius 3 is 2.79 bits per heavy atom. The van der Waals surface area contributed by atoms with Crippen LogP contribution in [0.5, 0.6) is 5.75 Å². The van der Waals surface area contributed by atoms with Gasteiger partial charge in [-0.1, -0.05) is 36.2 Å². The van der Waals surface area contributed by atoms with Crippen LogP contribution in [0.3, 0.4) is 0 Å². The van der Waals surface area contributed by atoms with Crippen LogP contribution in [0.1, 0.15) is 25.6 Å². The minimum atomic E-state index is -0.544. The first-order chi connectivity index (χ1) is 16.3. The fourth-order valence-electron chi connectivity index (χ4n) is 4.57. The van der Waals surface area contributed by atoms with Crippen LogP contribution < -0.4 is 5.56 Å². The van der Waals surface area contributed by atoms with Crippen molar-refractivity contribution in [2.45, 2.75) is 37.7 Å². The molecule has 1 fully saturated rings. The van der Waals surface area contributed by atoms with Crippen molar-refractivity contribution in [2.24, 2.45) is 5.92 Å². The zero-order chi connectivity index (χ0) is 24.0. The van der Waals surface area contributed by atoms with Crippen molar-refractivity contribution in [1.82, 2.24) is 24.6 Å². The van der Waals surface area contributed by atoms with Gasteiger partial charge >= 0.3 is 0 Å². The first-order valence-electron chi connectivity index (χ1n) is 11.2. The maximum absolute atomic E-state index is 13.1. The molecule has 34 heavy (non-hydrogen) atoms. The van der Waals surface area contributed by atoms with Gasteiger partial charge in [-0.2, -0.15) is 0 Å². The molecule has 3 unspecified atom stereocenters. The number of ether oxygens (including phenoxy) is 1. The van der Waals surface area contributed by atoms with Gasteiger partial charge in [-0.3, -0.25) is 14.3 Å². The SMILES string of the molecule is CC1C(Cc2nnc(-c3nc4n(c(=O)c3O)CC(C)(N3CCOCC3)C=C4)o2)=CC=C(Cl)C1Cl. The quantitative estimate of drug-likeness (QED) is 0.631. The van der Waals surface area contributed by atoms with E-state index in [1.54, 1.807) is 12.2 Å². The van der Waals surface area contributed by atoms with Crippen LogP contribution in [0.4, 0.5) is 0 Å². The molecule has 4 heterocycles. The Morgan fingerprint density at radius 2 is 2.03 bits per heavy atom. The molecule has 1 saturated heterocycles. The first kappa shape index (κ1) is 23.3. The lowest BCUT2D eigenvalue weighted by atomic mass is 9.90. The van der Waals surface area contributed by atoms with Crippen LogP contribution >= 0.6 is 23.2 Å². The smallest absolute Gasteiger partial charge is 0.296 e. The van der Waals surface area contributed by atoms with Crippen LogP contribution in [0, 0.1) is 5.92 Å². The zero-order valence-electron chi connectivity index (χ0n) is 18.9. The van der Waals surface area contributed by atoms with Crippen molar-refractivity contribution in [3.05, 3.63) is 50.9 Å². The average molecular weight is 506 g/mol. The molecule has 9 nitrogen and oxygen atoms in total. The van der Waals surface area contributed by atoms with E-state index < -0.39 is 11.3 Å². The molecule has 0 saturated carbocycles. The molecule has 0 radical (unpaired) electrons. The number of allylic oxidation sites excluding steroid dienone is 4. The molecule has 0 bridgehead atoms. The third-order valence-corrected chi connectivity index (χ3v) is 7.83. The number of aromatic nitrogens is 4. The van der Waals surface area contributed by atoms with Crippen molar-refractivity contribution in [2.75, 3.05) is 26.3 Å². The van der Waals surface area contributed by atoms with Gasteiger partial charge < -0.3 is 14.3 Å². The topological polar surface area (TPSA) is 107 Å². The molecule has 0 aromatic carbocycles. The third kappa shape index (κ3) is 4.11. The van der Waals surface area contributed by atoms with Gasteiger partial charge in [0.1, 0.15) is 5.82 Å². The van der Waals surface area contributed by atoms with Gasteiger partial charge in [0.15, 0.2) is 5.69 Å². The lowest BCUT2D eigenvalue weighted by Crippen LogP contribution is -2.55. The lowest BCUT2D eigenvalue weighted by Gasteiger charge is -2.43. The molecular formula is C23H25Cl2N5O4. The summed E-state index contributed by atoms with van der Waals surface area (Å²) in [5.74, 6) is 0.234. The molecule has 2 aromatic rings. The van der Waals surface area contributed by atoms with Crippen LogP contribution in [0.15, 0.2) is 38.0 Å². The number of morpholine rings is 1. The zero-order valence-corrected chi connectivity index (χ0v) is 20.4. The maximum Gasteiger partial charge on any atom is 0.296 e. The Morgan fingerprint density at radius 1 is 1.26 bits per heavy atom. The Bertz CT molecular complexity index is 1260. The van der Waals surface area contributed by atoms with Crippen LogP contribution in [0.25, 0.3) is 17.7 Å². The van der Waals surface area contributed by atoms with Gasteiger partial charge in [-0.25, -0.2) is 4.98 Å². The fourth-order valence-corrected chi connectivity index (χ4v) is 5.06. The van der Waals surface area contributed by atoms with E-state index >= 15 is 0 Å². The number of rotatable bonds is 4. The van der Waals surface area contributed by atoms with Gasteiger partial charge in [0, 0.05) is 31.1 Å². The van der Waals surface area contributed by atoms with Crippen molar-refractivity contribution in [3.63, 3.8) is 0 Å². The number of alkyl halides is 1. The minimum absolute atomic E-state index is 0.000322. The number of hydrogen-bond donors (Lipinski definition) is 1. The summed E-state index contributed by atoms with van der Waals surface area (Å²) in [7, 11) is 0. The number of hydrogen-bond acceptors (Lipinski definition) is 8. The minimum Gasteiger partial charge on any atom is -0.501 e. The van der Waals surface area contributed by atoms with Crippen molar-refractivity contribution in [1.29, 1.82) is 0 Å². The molecule has 3 aliphatic rings. The normalized spacial score (nSPS) is 27.3. The van der Waals surface area contributed by atoms with Crippen molar-refractivity contribution < 1.29 is 14.3 Å². The summed E-state index contributed by atoms with van der Waals surface area (Å²) in [5.41, 5.74) is 0.0404. The van der Waals surface area contributed by atoms with E-state index in [1.165, 1.54) is 4.57 Å². The van der Waals surface area contributed by atoms with Gasteiger partial charge in [0.05, 0.1) is 24.1 Å². The standard InChI is InChI=1S/C23H25Cl2N5O4/c1-13-14(3-4-15(24)18(13)25)11-17-27-28-21(34-17)19-20(31)22(32)30-12-23(2,6-5-16(30)26-19)29-7-9-33-10-8-29/h3-6,13,18,31H,7-12H2,1-2H3. The van der Waals surface area contributed by atoms with E-state index in [2.05, 4.69) is 27.0 Å². The Hall–Kier alpha value is -2.46. The molecule has 5 rings (SSSR count). The summed E-state index contributed by atoms with van der Waals surface area (Å²) in [4.78, 5) is 19.8. The Kier molecular flexibility index (Phi) is 6.14. The van der Waals surface area contributed by atoms with Crippen LogP contribution in [0.2, 0.25) is 0 Å². The van der Waals surface area contributed by atoms with Gasteiger partial charge in [0.25, 0.3) is 11.4 Å². The lowest BCUT2D eigenvalue weighted by molar-refractivity contribution is -0.00643. The predicted molar refractivity (Wildman–Crippen MR) is 128 cm³/mol. The maximum atomic E-state index is 13.1. The van der Waals surface area contributed by atoms with Crippen LogP contribution in [-0.4, -0.2) is 67.0 Å². The molecule has 0 spiro atoms. The highest BCUT2D eigenvalue weighted by atomic mass is 35.5. The number of aromatic hydroxyl groups is 1. The van der Waals surface area contributed by atoms with E-state index in [-0.39, 0.29) is 28.4 Å². The second-order valence-electron chi connectivity index (χ2n) is 9.01. The Balaban J connectivity index is 1.42. The molecule has 180 valence electrons. The van der Waals surface area contributed by atoms with Crippen LogP contribution in [-0.2, 0) is 17.7 Å². The molecule has 0 amide bonds. The highest BCUT2D eigenvalue weighted by Crippen LogP contribution is 2.34. The number of nitrogens with zero attached hydrogens (tertiary/aromatic N) is 5. The van der Waals surface area contributed by atoms with E-state index in [0.29, 0.717) is 42.9 Å². The van der Waals surface area contributed by atoms with E-state index in [4.69, 9.17) is 32.4 Å². The van der Waals surface area contributed by atoms with Crippen molar-refractivity contribution in [3.8, 4) is 17.3 Å². The molecule has 1 aliphatic carbocycles. The largest absolute Gasteiger partial charge is 0.501 e. The van der Waals surface area contributed by atoms with Crippen molar-refractivity contribution >= 4 is 29.3 Å². The molecule has 1 N–H and O–H groups in total. The molecule has 2 aliphatic heterocycles. The molecular weight excluding hydrogens is 481 g/mol. The second kappa shape index (κ2) is 8.96. The predicted octanol–water partition coefficient (Wildman–Crippen LogP) is 2.97. The van der Waals surface area contributed by atoms with E-state index in [9.17, 15) is 9.90 Å². The summed E-state index contributed by atoms with van der Waals surface area (Å²) in [6, 6.07) is 0. The summed E-state index contributed by atoms with van der Waals surface area (Å²) in [5, 5.41) is 19.1. The molecule has 11 heteroatoms. The van der Waals surface area contributed by atoms with Gasteiger partial charge in [-0.15, -0.1) is 21.8 Å². The Labute approximate surface area is 206 Å². The second-order valence-corrected chi connectivity index (χ2v) is 9.92. The monoisotopic (exact) mass is 505 g/mol.